The van der Waals surface area contributed by atoms with Gasteiger partial charge in [-0.3, -0.25) is 0 Å². The second-order valence-corrected chi connectivity index (χ2v) is 3.94. The summed E-state index contributed by atoms with van der Waals surface area (Å²) in [4.78, 5) is 4.51. The molecule has 0 saturated carbocycles. The van der Waals surface area contributed by atoms with Crippen LogP contribution in [0.3, 0.4) is 0 Å². The number of hydrogen-bond donors (Lipinski definition) is 1. The minimum Gasteiger partial charge on any atom is -0.330 e. The highest BCUT2D eigenvalue weighted by atomic mass is 32.1. The summed E-state index contributed by atoms with van der Waals surface area (Å²) >= 11 is 1.75. The smallest absolute Gasteiger partial charge is 0.0925 e. The standard InChI is InChI=1S/C9H16N2S/c1-3-9-11-8(6-12-9)7(2)4-5-10/h6-7H,3-5,10H2,1-2H3. The van der Waals surface area contributed by atoms with Gasteiger partial charge in [-0.1, -0.05) is 13.8 Å². The van der Waals surface area contributed by atoms with Gasteiger partial charge in [0, 0.05) is 11.3 Å². The number of nitrogens with zero attached hydrogens (tertiary/aromatic N) is 1. The van der Waals surface area contributed by atoms with Gasteiger partial charge in [0.05, 0.1) is 10.7 Å². The first-order chi connectivity index (χ1) is 5.77. The fourth-order valence-corrected chi connectivity index (χ4v) is 1.98. The number of aryl methyl sites for hydroxylation is 1. The van der Waals surface area contributed by atoms with Crippen molar-refractivity contribution in [2.75, 3.05) is 6.54 Å². The van der Waals surface area contributed by atoms with Gasteiger partial charge in [0.15, 0.2) is 0 Å². The number of thiazole rings is 1. The lowest BCUT2D eigenvalue weighted by Gasteiger charge is -2.04. The van der Waals surface area contributed by atoms with E-state index in [2.05, 4.69) is 24.2 Å². The molecule has 0 amide bonds. The zero-order valence-corrected chi connectivity index (χ0v) is 8.53. The second kappa shape index (κ2) is 4.58. The van der Waals surface area contributed by atoms with Crippen LogP contribution in [0, 0.1) is 0 Å². The summed E-state index contributed by atoms with van der Waals surface area (Å²) in [5.74, 6) is 0.520. The monoisotopic (exact) mass is 184 g/mol. The van der Waals surface area contributed by atoms with Crippen LogP contribution in [0.5, 0.6) is 0 Å². The lowest BCUT2D eigenvalue weighted by Crippen LogP contribution is -2.04. The molecule has 0 radical (unpaired) electrons. The van der Waals surface area contributed by atoms with Crippen molar-refractivity contribution in [1.29, 1.82) is 0 Å². The average Bonchev–Trinajstić information content (AvgIpc) is 2.52. The fraction of sp³-hybridized carbons (Fsp3) is 0.667. The molecule has 1 rings (SSSR count). The molecule has 1 atom stereocenters. The molecule has 2 nitrogen and oxygen atoms in total. The number of nitrogens with two attached hydrogens (primary N) is 1. The van der Waals surface area contributed by atoms with Gasteiger partial charge < -0.3 is 5.73 Å². The molecule has 2 N–H and O–H groups in total. The van der Waals surface area contributed by atoms with Gasteiger partial charge in [0.25, 0.3) is 0 Å². The minimum atomic E-state index is 0.520. The molecule has 0 saturated heterocycles. The number of aromatic nitrogens is 1. The van der Waals surface area contributed by atoms with Crippen LogP contribution in [-0.4, -0.2) is 11.5 Å². The van der Waals surface area contributed by atoms with Crippen molar-refractivity contribution >= 4 is 11.3 Å². The number of rotatable bonds is 4. The SMILES string of the molecule is CCc1nc(C(C)CCN)cs1. The maximum absolute atomic E-state index is 5.48. The first-order valence-electron chi connectivity index (χ1n) is 4.42. The highest BCUT2D eigenvalue weighted by Gasteiger charge is 2.07. The van der Waals surface area contributed by atoms with E-state index in [4.69, 9.17) is 5.73 Å². The molecule has 0 fully saturated rings. The van der Waals surface area contributed by atoms with E-state index in [9.17, 15) is 0 Å². The topological polar surface area (TPSA) is 38.9 Å². The Morgan fingerprint density at radius 1 is 1.67 bits per heavy atom. The molecule has 0 aromatic carbocycles. The molecule has 3 heteroatoms. The molecule has 12 heavy (non-hydrogen) atoms. The summed E-state index contributed by atoms with van der Waals surface area (Å²) in [5.41, 5.74) is 6.69. The van der Waals surface area contributed by atoms with E-state index in [1.54, 1.807) is 11.3 Å². The Labute approximate surface area is 77.8 Å². The number of hydrogen-bond acceptors (Lipinski definition) is 3. The summed E-state index contributed by atoms with van der Waals surface area (Å²) in [6.07, 6.45) is 2.08. The van der Waals surface area contributed by atoms with Gasteiger partial charge in [-0.25, -0.2) is 4.98 Å². The van der Waals surface area contributed by atoms with Crippen molar-refractivity contribution < 1.29 is 0 Å². The Bertz CT molecular complexity index is 232. The van der Waals surface area contributed by atoms with Crippen molar-refractivity contribution in [3.05, 3.63) is 16.1 Å². The second-order valence-electron chi connectivity index (χ2n) is 3.00. The van der Waals surface area contributed by atoms with Crippen molar-refractivity contribution in [1.82, 2.24) is 4.98 Å². The Morgan fingerprint density at radius 3 is 2.92 bits per heavy atom. The van der Waals surface area contributed by atoms with Crippen LogP contribution < -0.4 is 5.73 Å². The quantitative estimate of drug-likeness (QED) is 0.778. The highest BCUT2D eigenvalue weighted by Crippen LogP contribution is 2.20. The van der Waals surface area contributed by atoms with Crippen LogP contribution in [0.15, 0.2) is 5.38 Å². The molecular formula is C9H16N2S. The summed E-state index contributed by atoms with van der Waals surface area (Å²) in [5, 5.41) is 3.38. The lowest BCUT2D eigenvalue weighted by atomic mass is 10.1. The molecule has 0 aliphatic carbocycles. The van der Waals surface area contributed by atoms with Gasteiger partial charge in [-0.05, 0) is 19.4 Å². The predicted molar refractivity (Wildman–Crippen MR) is 53.6 cm³/mol. The predicted octanol–water partition coefficient (Wildman–Crippen LogP) is 2.16. The van der Waals surface area contributed by atoms with Crippen LogP contribution >= 0.6 is 11.3 Å². The summed E-state index contributed by atoms with van der Waals surface area (Å²) < 4.78 is 0. The minimum absolute atomic E-state index is 0.520. The van der Waals surface area contributed by atoms with E-state index in [0.29, 0.717) is 5.92 Å². The van der Waals surface area contributed by atoms with Crippen LogP contribution in [0.2, 0.25) is 0 Å². The van der Waals surface area contributed by atoms with Crippen LogP contribution in [-0.2, 0) is 6.42 Å². The largest absolute Gasteiger partial charge is 0.330 e. The van der Waals surface area contributed by atoms with Gasteiger partial charge >= 0.3 is 0 Å². The summed E-state index contributed by atoms with van der Waals surface area (Å²) in [6, 6.07) is 0. The van der Waals surface area contributed by atoms with Gasteiger partial charge in [0.2, 0.25) is 0 Å². The van der Waals surface area contributed by atoms with Crippen molar-refractivity contribution in [2.45, 2.75) is 32.6 Å². The van der Waals surface area contributed by atoms with E-state index in [0.717, 1.165) is 19.4 Å². The van der Waals surface area contributed by atoms with E-state index in [-0.39, 0.29) is 0 Å². The normalized spacial score (nSPS) is 13.2. The third-order valence-corrected chi connectivity index (χ3v) is 2.99. The maximum atomic E-state index is 5.48. The molecule has 68 valence electrons. The third kappa shape index (κ3) is 2.29. The van der Waals surface area contributed by atoms with Gasteiger partial charge in [0.1, 0.15) is 0 Å². The van der Waals surface area contributed by atoms with Gasteiger partial charge in [-0.15, -0.1) is 11.3 Å². The lowest BCUT2D eigenvalue weighted by molar-refractivity contribution is 0.672. The average molecular weight is 184 g/mol. The Hall–Kier alpha value is -0.410. The Balaban J connectivity index is 2.61. The van der Waals surface area contributed by atoms with E-state index in [1.165, 1.54) is 10.7 Å². The molecule has 0 aliphatic rings. The first-order valence-corrected chi connectivity index (χ1v) is 5.30. The molecule has 1 heterocycles. The van der Waals surface area contributed by atoms with Gasteiger partial charge in [-0.2, -0.15) is 0 Å². The third-order valence-electron chi connectivity index (χ3n) is 1.98. The fourth-order valence-electron chi connectivity index (χ4n) is 1.11. The zero-order chi connectivity index (χ0) is 8.97. The first kappa shape index (κ1) is 9.68. The van der Waals surface area contributed by atoms with E-state index >= 15 is 0 Å². The molecule has 1 unspecified atom stereocenters. The summed E-state index contributed by atoms with van der Waals surface area (Å²) in [6.45, 7) is 5.07. The molecule has 1 aromatic heterocycles. The Morgan fingerprint density at radius 2 is 2.42 bits per heavy atom. The molecule has 0 bridgehead atoms. The van der Waals surface area contributed by atoms with Crippen molar-refractivity contribution in [3.8, 4) is 0 Å². The van der Waals surface area contributed by atoms with Crippen LogP contribution in [0.25, 0.3) is 0 Å². The Kier molecular flexibility index (Phi) is 3.69. The molecular weight excluding hydrogens is 168 g/mol. The van der Waals surface area contributed by atoms with Crippen LogP contribution in [0.1, 0.15) is 36.9 Å². The van der Waals surface area contributed by atoms with E-state index < -0.39 is 0 Å². The van der Waals surface area contributed by atoms with Crippen molar-refractivity contribution in [2.24, 2.45) is 5.73 Å². The zero-order valence-electron chi connectivity index (χ0n) is 7.71. The maximum Gasteiger partial charge on any atom is 0.0925 e. The summed E-state index contributed by atoms with van der Waals surface area (Å²) in [7, 11) is 0. The van der Waals surface area contributed by atoms with Crippen molar-refractivity contribution in [3.63, 3.8) is 0 Å². The molecule has 0 aliphatic heterocycles. The molecule has 1 aromatic rings. The highest BCUT2D eigenvalue weighted by molar-refractivity contribution is 7.09. The molecule has 0 spiro atoms. The van der Waals surface area contributed by atoms with Crippen LogP contribution in [0.4, 0.5) is 0 Å². The van der Waals surface area contributed by atoms with E-state index in [1.807, 2.05) is 0 Å².